The van der Waals surface area contributed by atoms with Gasteiger partial charge in [-0.05, 0) is 49.9 Å². The normalized spacial score (nSPS) is 26.1. The van der Waals surface area contributed by atoms with Gasteiger partial charge in [0.2, 0.25) is 5.91 Å². The number of urea groups is 1. The number of carbonyl (C=O) groups is 2. The van der Waals surface area contributed by atoms with E-state index in [9.17, 15) is 18.0 Å². The number of unbranched alkanes of at least 4 members (excludes halogenated alkanes) is 1. The highest BCUT2D eigenvalue weighted by Gasteiger charge is 2.51. The van der Waals surface area contributed by atoms with Gasteiger partial charge in [0.25, 0.3) is 0 Å². The molecule has 2 saturated heterocycles. The summed E-state index contributed by atoms with van der Waals surface area (Å²) >= 11 is 0. The first-order chi connectivity index (χ1) is 12.2. The van der Waals surface area contributed by atoms with Crippen LogP contribution in [0.15, 0.2) is 18.2 Å². The van der Waals surface area contributed by atoms with Crippen LogP contribution in [0.25, 0.3) is 0 Å². The SMILES string of the molecule is Cc1cc(C)cc(NC(=O)CCCC[C@@H]2[C@@H]3NC(=O)N[C@@H]3CS2(=O)=O)c1. The summed E-state index contributed by atoms with van der Waals surface area (Å²) in [4.78, 5) is 23.5. The molecule has 0 radical (unpaired) electrons. The Morgan fingerprint density at radius 2 is 1.85 bits per heavy atom. The summed E-state index contributed by atoms with van der Waals surface area (Å²) in [5.41, 5.74) is 2.97. The van der Waals surface area contributed by atoms with E-state index in [1.54, 1.807) is 0 Å². The van der Waals surface area contributed by atoms with Gasteiger partial charge in [0.05, 0.1) is 23.1 Å². The number of sulfone groups is 1. The van der Waals surface area contributed by atoms with Crippen LogP contribution in [0.4, 0.5) is 10.5 Å². The number of fused-ring (bicyclic) bond motifs is 1. The number of anilines is 1. The van der Waals surface area contributed by atoms with E-state index in [4.69, 9.17) is 0 Å². The highest BCUT2D eigenvalue weighted by molar-refractivity contribution is 7.92. The van der Waals surface area contributed by atoms with Gasteiger partial charge in [0.1, 0.15) is 0 Å². The molecule has 3 atom stereocenters. The Balaban J connectivity index is 1.46. The van der Waals surface area contributed by atoms with Crippen LogP contribution >= 0.6 is 0 Å². The van der Waals surface area contributed by atoms with Gasteiger partial charge < -0.3 is 16.0 Å². The zero-order valence-corrected chi connectivity index (χ0v) is 15.9. The van der Waals surface area contributed by atoms with E-state index < -0.39 is 15.1 Å². The molecule has 8 heteroatoms. The Hall–Kier alpha value is -2.09. The zero-order chi connectivity index (χ0) is 18.9. The molecule has 3 N–H and O–H groups in total. The molecule has 0 spiro atoms. The summed E-state index contributed by atoms with van der Waals surface area (Å²) in [5.74, 6) is -0.0770. The predicted molar refractivity (Wildman–Crippen MR) is 99.8 cm³/mol. The van der Waals surface area contributed by atoms with Crippen molar-refractivity contribution in [1.82, 2.24) is 10.6 Å². The summed E-state index contributed by atoms with van der Waals surface area (Å²) in [5, 5.41) is 7.68. The van der Waals surface area contributed by atoms with E-state index in [1.165, 1.54) is 0 Å². The first-order valence-corrected chi connectivity index (χ1v) is 10.6. The molecule has 0 saturated carbocycles. The fourth-order valence-corrected chi connectivity index (χ4v) is 6.18. The molecule has 2 aliphatic heterocycles. The third-order valence-electron chi connectivity index (χ3n) is 4.97. The van der Waals surface area contributed by atoms with Crippen LogP contribution in [-0.4, -0.2) is 43.4 Å². The minimum atomic E-state index is -3.21. The Kier molecular flexibility index (Phi) is 5.22. The molecule has 142 valence electrons. The van der Waals surface area contributed by atoms with Gasteiger partial charge in [-0.2, -0.15) is 0 Å². The molecule has 3 rings (SSSR count). The van der Waals surface area contributed by atoms with Crippen LogP contribution in [-0.2, 0) is 14.6 Å². The summed E-state index contributed by atoms with van der Waals surface area (Å²) < 4.78 is 24.5. The van der Waals surface area contributed by atoms with Crippen molar-refractivity contribution in [3.05, 3.63) is 29.3 Å². The lowest BCUT2D eigenvalue weighted by Gasteiger charge is -2.16. The third kappa shape index (κ3) is 4.17. The summed E-state index contributed by atoms with van der Waals surface area (Å²) in [6.45, 7) is 3.96. The second kappa shape index (κ2) is 7.26. The number of nitrogens with one attached hydrogen (secondary N) is 3. The average Bonchev–Trinajstić information content (AvgIpc) is 2.94. The Morgan fingerprint density at radius 3 is 2.54 bits per heavy atom. The minimum Gasteiger partial charge on any atom is -0.332 e. The van der Waals surface area contributed by atoms with Gasteiger partial charge in [-0.1, -0.05) is 12.5 Å². The van der Waals surface area contributed by atoms with Crippen molar-refractivity contribution >= 4 is 27.5 Å². The topological polar surface area (TPSA) is 104 Å². The Labute approximate surface area is 153 Å². The number of hydrogen-bond donors (Lipinski definition) is 3. The van der Waals surface area contributed by atoms with Crippen LogP contribution in [0, 0.1) is 13.8 Å². The van der Waals surface area contributed by atoms with Crippen molar-refractivity contribution in [3.63, 3.8) is 0 Å². The van der Waals surface area contributed by atoms with Crippen molar-refractivity contribution in [2.24, 2.45) is 0 Å². The lowest BCUT2D eigenvalue weighted by atomic mass is 10.0. The molecule has 3 amide bonds. The molecular weight excluding hydrogens is 354 g/mol. The highest BCUT2D eigenvalue weighted by atomic mass is 32.2. The van der Waals surface area contributed by atoms with Gasteiger partial charge in [0.15, 0.2) is 9.84 Å². The number of carbonyl (C=O) groups excluding carboxylic acids is 2. The van der Waals surface area contributed by atoms with Crippen LogP contribution in [0.5, 0.6) is 0 Å². The molecule has 2 heterocycles. The monoisotopic (exact) mass is 379 g/mol. The Morgan fingerprint density at radius 1 is 1.15 bits per heavy atom. The van der Waals surface area contributed by atoms with E-state index in [0.29, 0.717) is 25.7 Å². The number of rotatable bonds is 6. The third-order valence-corrected chi connectivity index (χ3v) is 7.24. The van der Waals surface area contributed by atoms with Crippen molar-refractivity contribution < 1.29 is 18.0 Å². The summed E-state index contributed by atoms with van der Waals surface area (Å²) in [6, 6.07) is 4.91. The van der Waals surface area contributed by atoms with Crippen molar-refractivity contribution in [1.29, 1.82) is 0 Å². The molecule has 0 aliphatic carbocycles. The fourth-order valence-electron chi connectivity index (χ4n) is 3.91. The standard InChI is InChI=1S/C18H25N3O4S/c1-11-7-12(2)9-13(8-11)19-16(22)6-4-3-5-15-17-14(10-26(15,24)25)20-18(23)21-17/h7-9,14-15,17H,3-6,10H2,1-2H3,(H,19,22)(H2,20,21,23)/t14-,15-,17-/m1/s1. The second-order valence-corrected chi connectivity index (χ2v) is 9.55. The quantitative estimate of drug-likeness (QED) is 0.516. The molecule has 0 bridgehead atoms. The number of hydrogen-bond acceptors (Lipinski definition) is 4. The molecule has 7 nitrogen and oxygen atoms in total. The highest BCUT2D eigenvalue weighted by Crippen LogP contribution is 2.28. The lowest BCUT2D eigenvalue weighted by Crippen LogP contribution is -2.39. The van der Waals surface area contributed by atoms with Crippen LogP contribution in [0.2, 0.25) is 0 Å². The molecular formula is C18H25N3O4S. The fraction of sp³-hybridized carbons (Fsp3) is 0.556. The van der Waals surface area contributed by atoms with E-state index >= 15 is 0 Å². The first kappa shape index (κ1) is 18.7. The molecule has 2 fully saturated rings. The van der Waals surface area contributed by atoms with Gasteiger partial charge in [-0.15, -0.1) is 0 Å². The smallest absolute Gasteiger partial charge is 0.315 e. The minimum absolute atomic E-state index is 0.00569. The van der Waals surface area contributed by atoms with Crippen LogP contribution in [0.1, 0.15) is 36.8 Å². The largest absolute Gasteiger partial charge is 0.332 e. The number of benzene rings is 1. The molecule has 26 heavy (non-hydrogen) atoms. The van der Waals surface area contributed by atoms with Crippen LogP contribution < -0.4 is 16.0 Å². The van der Waals surface area contributed by atoms with E-state index in [-0.39, 0.29) is 29.8 Å². The van der Waals surface area contributed by atoms with Crippen molar-refractivity contribution in [3.8, 4) is 0 Å². The maximum atomic E-state index is 12.2. The summed E-state index contributed by atoms with van der Waals surface area (Å²) in [7, 11) is -3.21. The predicted octanol–water partition coefficient (Wildman–Crippen LogP) is 1.65. The maximum absolute atomic E-state index is 12.2. The number of amides is 3. The molecule has 1 aromatic carbocycles. The maximum Gasteiger partial charge on any atom is 0.315 e. The average molecular weight is 379 g/mol. The van der Waals surface area contributed by atoms with Crippen LogP contribution in [0.3, 0.4) is 0 Å². The molecule has 2 aliphatic rings. The van der Waals surface area contributed by atoms with Gasteiger partial charge in [-0.3, -0.25) is 4.79 Å². The van der Waals surface area contributed by atoms with E-state index in [2.05, 4.69) is 16.0 Å². The molecule has 0 unspecified atom stereocenters. The van der Waals surface area contributed by atoms with Crippen molar-refractivity contribution in [2.45, 2.75) is 56.9 Å². The van der Waals surface area contributed by atoms with Gasteiger partial charge in [-0.25, -0.2) is 13.2 Å². The molecule has 0 aromatic heterocycles. The van der Waals surface area contributed by atoms with Gasteiger partial charge in [0, 0.05) is 12.1 Å². The second-order valence-electron chi connectivity index (χ2n) is 7.29. The van der Waals surface area contributed by atoms with E-state index in [0.717, 1.165) is 16.8 Å². The first-order valence-electron chi connectivity index (χ1n) is 8.91. The molecule has 1 aromatic rings. The van der Waals surface area contributed by atoms with Crippen molar-refractivity contribution in [2.75, 3.05) is 11.1 Å². The van der Waals surface area contributed by atoms with E-state index in [1.807, 2.05) is 32.0 Å². The Bertz CT molecular complexity index is 801. The zero-order valence-electron chi connectivity index (χ0n) is 15.0. The lowest BCUT2D eigenvalue weighted by molar-refractivity contribution is -0.116. The number of aryl methyl sites for hydroxylation is 2. The summed E-state index contributed by atoms with van der Waals surface area (Å²) in [6.07, 6.45) is 2.05. The van der Waals surface area contributed by atoms with Gasteiger partial charge >= 0.3 is 6.03 Å².